The third kappa shape index (κ3) is 3.77. The molecule has 6 heterocycles. The number of nitrogens with zero attached hydrogens (tertiary/aromatic N) is 7. The number of hydrogen-bond acceptors (Lipinski definition) is 8. The minimum Gasteiger partial charge on any atom is -0.376 e. The predicted molar refractivity (Wildman–Crippen MR) is 142 cm³/mol. The third-order valence-electron chi connectivity index (χ3n) is 8.73. The molecule has 4 aromatic rings. The minimum atomic E-state index is 0.0933. The van der Waals surface area contributed by atoms with Crippen molar-refractivity contribution in [3.05, 3.63) is 47.9 Å². The summed E-state index contributed by atoms with van der Waals surface area (Å²) in [5.74, 6) is 1.76. The van der Waals surface area contributed by atoms with Crippen LogP contribution in [-0.2, 0) is 24.8 Å². The number of anilines is 2. The first kappa shape index (κ1) is 22.7. The van der Waals surface area contributed by atoms with E-state index in [-0.39, 0.29) is 17.6 Å². The van der Waals surface area contributed by atoms with Crippen LogP contribution in [0.15, 0.2) is 36.8 Å². The fourth-order valence-electron chi connectivity index (χ4n) is 6.29. The van der Waals surface area contributed by atoms with E-state index in [2.05, 4.69) is 56.4 Å². The molecule has 0 radical (unpaired) electrons. The van der Waals surface area contributed by atoms with Crippen molar-refractivity contribution in [2.45, 2.75) is 44.9 Å². The normalized spacial score (nSPS) is 23.2. The monoisotopic (exact) mass is 499 g/mol. The highest BCUT2D eigenvalue weighted by Crippen LogP contribution is 2.42. The lowest BCUT2D eigenvalue weighted by atomic mass is 9.73. The van der Waals surface area contributed by atoms with Crippen LogP contribution in [0.5, 0.6) is 0 Å². The molecule has 2 atom stereocenters. The second-order valence-electron chi connectivity index (χ2n) is 10.9. The summed E-state index contributed by atoms with van der Waals surface area (Å²) in [6, 6.07) is 6.83. The molecule has 10 heteroatoms. The molecule has 7 rings (SSSR count). The van der Waals surface area contributed by atoms with Gasteiger partial charge in [-0.15, -0.1) is 0 Å². The highest BCUT2D eigenvalue weighted by molar-refractivity contribution is 5.84. The molecule has 2 fully saturated rings. The summed E-state index contributed by atoms with van der Waals surface area (Å²) in [6.07, 6.45) is 9.00. The van der Waals surface area contributed by atoms with Crippen LogP contribution in [0, 0.1) is 5.41 Å². The molecule has 1 aromatic carbocycles. The van der Waals surface area contributed by atoms with Crippen molar-refractivity contribution < 1.29 is 4.74 Å². The van der Waals surface area contributed by atoms with Crippen molar-refractivity contribution in [2.24, 2.45) is 18.2 Å². The van der Waals surface area contributed by atoms with Crippen molar-refractivity contribution in [3.8, 4) is 11.1 Å². The Labute approximate surface area is 215 Å². The Kier molecular flexibility index (Phi) is 5.23. The first-order valence-electron chi connectivity index (χ1n) is 13.2. The fraction of sp³-hybridized carbons (Fsp3) is 0.481. The molecule has 10 nitrogen and oxygen atoms in total. The van der Waals surface area contributed by atoms with E-state index in [4.69, 9.17) is 20.4 Å². The molecule has 1 spiro atoms. The molecule has 0 bridgehead atoms. The molecular formula is C27H33N9O. The number of H-pyrrole nitrogens is 1. The first-order valence-corrected chi connectivity index (χ1v) is 13.2. The van der Waals surface area contributed by atoms with Crippen molar-refractivity contribution in [2.75, 3.05) is 36.0 Å². The van der Waals surface area contributed by atoms with Crippen molar-refractivity contribution in [3.63, 3.8) is 0 Å². The Bertz CT molecular complexity index is 1450. The summed E-state index contributed by atoms with van der Waals surface area (Å²) in [5.41, 5.74) is 13.2. The number of nitrogens with two attached hydrogens (primary N) is 1. The smallest absolute Gasteiger partial charge is 0.179 e. The molecule has 0 amide bonds. The van der Waals surface area contributed by atoms with Gasteiger partial charge in [0.25, 0.3) is 0 Å². The molecule has 0 unspecified atom stereocenters. The molecular weight excluding hydrogens is 466 g/mol. The average Bonchev–Trinajstić information content (AvgIpc) is 3.63. The molecule has 3 aliphatic rings. The maximum Gasteiger partial charge on any atom is 0.179 e. The zero-order chi connectivity index (χ0) is 25.1. The molecule has 3 aliphatic heterocycles. The number of benzene rings is 1. The summed E-state index contributed by atoms with van der Waals surface area (Å²) in [7, 11) is 1.95. The van der Waals surface area contributed by atoms with Crippen LogP contribution in [0.1, 0.15) is 30.9 Å². The molecule has 37 heavy (non-hydrogen) atoms. The molecule has 3 aromatic heterocycles. The topological polar surface area (TPSA) is 114 Å². The highest BCUT2D eigenvalue weighted by Gasteiger charge is 2.47. The van der Waals surface area contributed by atoms with Crippen LogP contribution in [0.2, 0.25) is 0 Å². The number of rotatable bonds is 3. The summed E-state index contributed by atoms with van der Waals surface area (Å²) in [4.78, 5) is 14.4. The number of aryl methyl sites for hydroxylation is 1. The van der Waals surface area contributed by atoms with E-state index in [1.807, 2.05) is 24.1 Å². The van der Waals surface area contributed by atoms with Gasteiger partial charge in [0, 0.05) is 56.4 Å². The van der Waals surface area contributed by atoms with Gasteiger partial charge in [-0.3, -0.25) is 9.78 Å². The molecule has 192 valence electrons. The van der Waals surface area contributed by atoms with Gasteiger partial charge in [0.05, 0.1) is 25.1 Å². The Morgan fingerprint density at radius 1 is 1.08 bits per heavy atom. The van der Waals surface area contributed by atoms with Gasteiger partial charge in [0.15, 0.2) is 17.0 Å². The van der Waals surface area contributed by atoms with Gasteiger partial charge in [-0.25, -0.2) is 9.97 Å². The van der Waals surface area contributed by atoms with Crippen LogP contribution >= 0.6 is 0 Å². The number of aromatic nitrogens is 6. The number of piperidine rings is 1. The number of ether oxygens (including phenoxy) is 1. The number of fused-ring (bicyclic) bond motifs is 2. The Hall–Kier alpha value is -3.50. The van der Waals surface area contributed by atoms with E-state index in [0.29, 0.717) is 0 Å². The summed E-state index contributed by atoms with van der Waals surface area (Å²) < 4.78 is 7.71. The SMILES string of the molecule is C[C@@H]1OCC2(CCN(c3cnc4c(N5CCc6ccc(-c7cnn(C)c7)cc6C5)n[nH]c4n3)CC2)[C@@H]1N. The maximum atomic E-state index is 6.50. The van der Waals surface area contributed by atoms with E-state index in [1.165, 1.54) is 16.7 Å². The third-order valence-corrected chi connectivity index (χ3v) is 8.73. The second-order valence-corrected chi connectivity index (χ2v) is 10.9. The Balaban J connectivity index is 1.09. The maximum absolute atomic E-state index is 6.50. The van der Waals surface area contributed by atoms with Gasteiger partial charge in [0.1, 0.15) is 5.82 Å². The van der Waals surface area contributed by atoms with Crippen LogP contribution < -0.4 is 15.5 Å². The lowest BCUT2D eigenvalue weighted by molar-refractivity contribution is 0.0974. The predicted octanol–water partition coefficient (Wildman–Crippen LogP) is 2.65. The van der Waals surface area contributed by atoms with Gasteiger partial charge in [0.2, 0.25) is 0 Å². The number of nitrogens with one attached hydrogen (secondary N) is 1. The highest BCUT2D eigenvalue weighted by atomic mass is 16.5. The molecule has 0 aliphatic carbocycles. The van der Waals surface area contributed by atoms with Gasteiger partial charge < -0.3 is 20.3 Å². The Morgan fingerprint density at radius 3 is 2.70 bits per heavy atom. The lowest BCUT2D eigenvalue weighted by Crippen LogP contribution is -2.50. The van der Waals surface area contributed by atoms with Gasteiger partial charge in [-0.1, -0.05) is 12.1 Å². The van der Waals surface area contributed by atoms with Crippen LogP contribution in [0.3, 0.4) is 0 Å². The van der Waals surface area contributed by atoms with Crippen LogP contribution in [-0.4, -0.2) is 68.3 Å². The largest absolute Gasteiger partial charge is 0.376 e. The van der Waals surface area contributed by atoms with Crippen molar-refractivity contribution >= 4 is 22.8 Å². The average molecular weight is 500 g/mol. The fourth-order valence-corrected chi connectivity index (χ4v) is 6.29. The quantitative estimate of drug-likeness (QED) is 0.442. The van der Waals surface area contributed by atoms with E-state index in [1.54, 1.807) is 0 Å². The molecule has 3 N–H and O–H groups in total. The minimum absolute atomic E-state index is 0.0933. The first-order chi connectivity index (χ1) is 18.0. The summed E-state index contributed by atoms with van der Waals surface area (Å²) in [5, 5.41) is 12.1. The van der Waals surface area contributed by atoms with E-state index < -0.39 is 0 Å². The van der Waals surface area contributed by atoms with E-state index >= 15 is 0 Å². The summed E-state index contributed by atoms with van der Waals surface area (Å²) >= 11 is 0. The molecule has 2 saturated heterocycles. The van der Waals surface area contributed by atoms with E-state index in [9.17, 15) is 0 Å². The molecule has 0 saturated carbocycles. The zero-order valence-corrected chi connectivity index (χ0v) is 21.4. The van der Waals surface area contributed by atoms with Crippen molar-refractivity contribution in [1.29, 1.82) is 0 Å². The van der Waals surface area contributed by atoms with E-state index in [0.717, 1.165) is 80.4 Å². The number of hydrogen-bond donors (Lipinski definition) is 2. The van der Waals surface area contributed by atoms with Gasteiger partial charge in [-0.2, -0.15) is 10.2 Å². The zero-order valence-electron chi connectivity index (χ0n) is 21.4. The second kappa shape index (κ2) is 8.53. The van der Waals surface area contributed by atoms with Gasteiger partial charge in [-0.05, 0) is 48.9 Å². The number of aromatic amines is 1. The lowest BCUT2D eigenvalue weighted by Gasteiger charge is -2.41. The standard InChI is InChI=1S/C27H33N9O/c1-17-24(28)27(16-37-17)6-9-35(10-7-27)22-13-29-23-25(31-22)32-33-26(23)36-8-5-18-3-4-19(11-20(18)15-36)21-12-30-34(2)14-21/h3-4,11-14,17,24H,5-10,15-16,28H2,1-2H3,(H,31,32,33)/t17-,24+/m0/s1. The van der Waals surface area contributed by atoms with Crippen LogP contribution in [0.25, 0.3) is 22.3 Å². The van der Waals surface area contributed by atoms with Crippen molar-refractivity contribution in [1.82, 2.24) is 29.9 Å². The van der Waals surface area contributed by atoms with Gasteiger partial charge >= 0.3 is 0 Å². The Morgan fingerprint density at radius 2 is 1.95 bits per heavy atom. The van der Waals surface area contributed by atoms with Crippen LogP contribution in [0.4, 0.5) is 11.6 Å². The summed E-state index contributed by atoms with van der Waals surface area (Å²) in [6.45, 7) is 6.36.